The highest BCUT2D eigenvalue weighted by atomic mass is 35.5. The molecule has 3 rings (SSSR count). The lowest BCUT2D eigenvalue weighted by Crippen LogP contribution is -2.24. The number of anilines is 1. The molecule has 156 valence electrons. The van der Waals surface area contributed by atoms with E-state index in [1.165, 1.54) is 30.2 Å². The zero-order chi connectivity index (χ0) is 21.5. The van der Waals surface area contributed by atoms with Gasteiger partial charge in [0.15, 0.2) is 4.34 Å². The van der Waals surface area contributed by atoms with Crippen LogP contribution in [0.1, 0.15) is 17.3 Å². The number of aromatic nitrogens is 1. The lowest BCUT2D eigenvalue weighted by Gasteiger charge is -2.09. The van der Waals surface area contributed by atoms with E-state index in [0.29, 0.717) is 37.9 Å². The van der Waals surface area contributed by atoms with Crippen LogP contribution in [-0.2, 0) is 4.79 Å². The van der Waals surface area contributed by atoms with Gasteiger partial charge in [-0.3, -0.25) is 9.59 Å². The molecule has 2 amide bonds. The van der Waals surface area contributed by atoms with Crippen LogP contribution in [0.3, 0.4) is 0 Å². The highest BCUT2D eigenvalue weighted by molar-refractivity contribution is 8.01. The number of amides is 2. The van der Waals surface area contributed by atoms with Crippen LogP contribution in [0.25, 0.3) is 11.3 Å². The van der Waals surface area contributed by atoms with Crippen LogP contribution in [0.15, 0.2) is 52.9 Å². The summed E-state index contributed by atoms with van der Waals surface area (Å²) in [5.74, 6) is 0.266. The van der Waals surface area contributed by atoms with Gasteiger partial charge in [-0.2, -0.15) is 0 Å². The first-order valence-corrected chi connectivity index (χ1v) is 11.3. The van der Waals surface area contributed by atoms with Crippen LogP contribution in [0.2, 0.25) is 5.02 Å². The molecule has 1 aromatic heterocycles. The minimum atomic E-state index is -0.351. The lowest BCUT2D eigenvalue weighted by molar-refractivity contribution is -0.118. The molecular weight excluding hydrogens is 442 g/mol. The maximum atomic E-state index is 12.9. The average molecular weight is 462 g/mol. The van der Waals surface area contributed by atoms with Gasteiger partial charge in [-0.1, -0.05) is 65.0 Å². The van der Waals surface area contributed by atoms with Crippen LogP contribution >= 0.6 is 34.7 Å². The SMILES string of the molecule is CCNC(=O)CSc1nc(-c2ccccc2)c(NC(=O)c2cc(Cl)ccc2OC)s1. The van der Waals surface area contributed by atoms with Crippen molar-refractivity contribution in [2.75, 3.05) is 24.7 Å². The molecule has 0 aliphatic rings. The van der Waals surface area contributed by atoms with Crippen molar-refractivity contribution in [3.63, 3.8) is 0 Å². The predicted molar refractivity (Wildman–Crippen MR) is 123 cm³/mol. The summed E-state index contributed by atoms with van der Waals surface area (Å²) in [5, 5.41) is 6.71. The summed E-state index contributed by atoms with van der Waals surface area (Å²) in [5.41, 5.74) is 1.84. The van der Waals surface area contributed by atoms with Gasteiger partial charge < -0.3 is 15.4 Å². The summed E-state index contributed by atoms with van der Waals surface area (Å²) in [6.07, 6.45) is 0. The van der Waals surface area contributed by atoms with Crippen LogP contribution in [0.5, 0.6) is 5.75 Å². The Kier molecular flexibility index (Phi) is 7.73. The van der Waals surface area contributed by atoms with E-state index in [0.717, 1.165) is 5.56 Å². The third kappa shape index (κ3) is 5.53. The fraction of sp³-hybridized carbons (Fsp3) is 0.190. The molecular formula is C21H20ClN3O3S2. The highest BCUT2D eigenvalue weighted by Gasteiger charge is 2.19. The number of hydrogen-bond acceptors (Lipinski definition) is 6. The Hall–Kier alpha value is -2.55. The Bertz CT molecular complexity index is 1040. The number of halogens is 1. The van der Waals surface area contributed by atoms with E-state index < -0.39 is 0 Å². The quantitative estimate of drug-likeness (QED) is 0.464. The predicted octanol–water partition coefficient (Wildman–Crippen LogP) is 4.95. The number of nitrogens with one attached hydrogen (secondary N) is 2. The molecule has 0 atom stereocenters. The van der Waals surface area contributed by atoms with Crippen molar-refractivity contribution in [2.24, 2.45) is 0 Å². The Morgan fingerprint density at radius 3 is 2.67 bits per heavy atom. The monoisotopic (exact) mass is 461 g/mol. The molecule has 0 aliphatic carbocycles. The van der Waals surface area contributed by atoms with Crippen molar-refractivity contribution in [1.29, 1.82) is 0 Å². The lowest BCUT2D eigenvalue weighted by atomic mass is 10.1. The molecule has 0 aliphatic heterocycles. The fourth-order valence-electron chi connectivity index (χ4n) is 2.64. The minimum absolute atomic E-state index is 0.0618. The first-order chi connectivity index (χ1) is 14.5. The molecule has 30 heavy (non-hydrogen) atoms. The molecule has 0 spiro atoms. The Morgan fingerprint density at radius 1 is 1.20 bits per heavy atom. The van der Waals surface area contributed by atoms with Gasteiger partial charge in [-0.25, -0.2) is 4.98 Å². The number of thioether (sulfide) groups is 1. The van der Waals surface area contributed by atoms with Crippen molar-refractivity contribution in [3.8, 4) is 17.0 Å². The van der Waals surface area contributed by atoms with Crippen LogP contribution < -0.4 is 15.4 Å². The molecule has 0 fully saturated rings. The van der Waals surface area contributed by atoms with Crippen molar-refractivity contribution in [2.45, 2.75) is 11.3 Å². The van der Waals surface area contributed by atoms with E-state index in [1.807, 2.05) is 37.3 Å². The Labute approximate surface area is 188 Å². The summed E-state index contributed by atoms with van der Waals surface area (Å²) >= 11 is 8.71. The molecule has 9 heteroatoms. The summed E-state index contributed by atoms with van der Waals surface area (Å²) in [6, 6.07) is 14.4. The average Bonchev–Trinajstić information content (AvgIpc) is 3.15. The smallest absolute Gasteiger partial charge is 0.260 e. The number of benzene rings is 2. The van der Waals surface area contributed by atoms with E-state index in [-0.39, 0.29) is 17.6 Å². The van der Waals surface area contributed by atoms with Gasteiger partial charge in [0.2, 0.25) is 5.91 Å². The normalized spacial score (nSPS) is 10.5. The van der Waals surface area contributed by atoms with Crippen molar-refractivity contribution in [1.82, 2.24) is 10.3 Å². The zero-order valence-corrected chi connectivity index (χ0v) is 18.8. The van der Waals surface area contributed by atoms with Crippen molar-refractivity contribution >= 4 is 51.5 Å². The summed E-state index contributed by atoms with van der Waals surface area (Å²) in [7, 11) is 1.50. The number of rotatable bonds is 8. The van der Waals surface area contributed by atoms with E-state index >= 15 is 0 Å². The molecule has 2 N–H and O–H groups in total. The third-order valence-corrected chi connectivity index (χ3v) is 6.34. The van der Waals surface area contributed by atoms with Gasteiger partial charge >= 0.3 is 0 Å². The summed E-state index contributed by atoms with van der Waals surface area (Å²) < 4.78 is 5.98. The maximum Gasteiger partial charge on any atom is 0.260 e. The van der Waals surface area contributed by atoms with E-state index in [1.54, 1.807) is 18.2 Å². The van der Waals surface area contributed by atoms with Gasteiger partial charge in [0.05, 0.1) is 18.4 Å². The van der Waals surface area contributed by atoms with Gasteiger partial charge in [0.1, 0.15) is 16.4 Å². The Morgan fingerprint density at radius 2 is 1.97 bits per heavy atom. The Balaban J connectivity index is 1.89. The molecule has 0 saturated carbocycles. The molecule has 3 aromatic rings. The number of methoxy groups -OCH3 is 1. The number of carbonyl (C=O) groups is 2. The minimum Gasteiger partial charge on any atom is -0.496 e. The first kappa shape index (κ1) is 22.1. The fourth-order valence-corrected chi connectivity index (χ4v) is 4.70. The van der Waals surface area contributed by atoms with Gasteiger partial charge in [0.25, 0.3) is 5.91 Å². The zero-order valence-electron chi connectivity index (χ0n) is 16.4. The van der Waals surface area contributed by atoms with Crippen LogP contribution in [-0.4, -0.2) is 36.2 Å². The highest BCUT2D eigenvalue weighted by Crippen LogP contribution is 2.38. The van der Waals surface area contributed by atoms with Crippen molar-refractivity contribution < 1.29 is 14.3 Å². The number of nitrogens with zero attached hydrogens (tertiary/aromatic N) is 1. The number of carbonyl (C=O) groups excluding carboxylic acids is 2. The molecule has 0 saturated heterocycles. The van der Waals surface area contributed by atoms with Gasteiger partial charge in [0, 0.05) is 17.1 Å². The van der Waals surface area contributed by atoms with Crippen LogP contribution in [0.4, 0.5) is 5.00 Å². The van der Waals surface area contributed by atoms with Crippen LogP contribution in [0, 0.1) is 0 Å². The largest absolute Gasteiger partial charge is 0.496 e. The van der Waals surface area contributed by atoms with E-state index in [9.17, 15) is 9.59 Å². The molecule has 0 radical (unpaired) electrons. The summed E-state index contributed by atoms with van der Waals surface area (Å²) in [6.45, 7) is 2.45. The second-order valence-electron chi connectivity index (χ2n) is 6.06. The molecule has 0 bridgehead atoms. The molecule has 2 aromatic carbocycles. The van der Waals surface area contributed by atoms with E-state index in [2.05, 4.69) is 15.6 Å². The van der Waals surface area contributed by atoms with Gasteiger partial charge in [-0.05, 0) is 25.1 Å². The molecule has 0 unspecified atom stereocenters. The number of hydrogen-bond donors (Lipinski definition) is 2. The second kappa shape index (κ2) is 10.5. The molecule has 1 heterocycles. The van der Waals surface area contributed by atoms with E-state index in [4.69, 9.17) is 16.3 Å². The standard InChI is InChI=1S/C21H20ClN3O3S2/c1-3-23-17(26)12-29-21-24-18(13-7-5-4-6-8-13)20(30-21)25-19(27)15-11-14(22)9-10-16(15)28-2/h4-11H,3,12H2,1-2H3,(H,23,26)(H,25,27). The topological polar surface area (TPSA) is 80.3 Å². The number of ether oxygens (including phenoxy) is 1. The summed E-state index contributed by atoms with van der Waals surface area (Å²) in [4.78, 5) is 29.4. The first-order valence-electron chi connectivity index (χ1n) is 9.12. The van der Waals surface area contributed by atoms with Crippen molar-refractivity contribution in [3.05, 3.63) is 59.1 Å². The maximum absolute atomic E-state index is 12.9. The third-order valence-electron chi connectivity index (χ3n) is 3.99. The molecule has 6 nitrogen and oxygen atoms in total. The second-order valence-corrected chi connectivity index (χ2v) is 8.72. The van der Waals surface area contributed by atoms with Gasteiger partial charge in [-0.15, -0.1) is 0 Å². The number of thiazole rings is 1.